The Hall–Kier alpha value is -1.62. The zero-order chi connectivity index (χ0) is 14.1. The number of rotatable bonds is 4. The lowest BCUT2D eigenvalue weighted by Gasteiger charge is -2.21. The molecule has 2 atom stereocenters. The zero-order valence-electron chi connectivity index (χ0n) is 11.4. The summed E-state index contributed by atoms with van der Waals surface area (Å²) in [6.07, 6.45) is 5.91. The van der Waals surface area contributed by atoms with Gasteiger partial charge in [0.25, 0.3) is 0 Å². The van der Waals surface area contributed by atoms with Crippen LogP contribution in [0.2, 0.25) is 0 Å². The number of anilines is 1. The van der Waals surface area contributed by atoms with Crippen LogP contribution in [0.3, 0.4) is 0 Å². The zero-order valence-corrected chi connectivity index (χ0v) is 11.4. The number of aromatic nitrogens is 1. The van der Waals surface area contributed by atoms with Gasteiger partial charge in [-0.1, -0.05) is 6.42 Å². The Labute approximate surface area is 118 Å². The van der Waals surface area contributed by atoms with Gasteiger partial charge in [-0.05, 0) is 43.7 Å². The Morgan fingerprint density at radius 1 is 1.35 bits per heavy atom. The Kier molecular flexibility index (Phi) is 3.61. The number of aliphatic hydroxyl groups excluding tert-OH is 1. The molecular formula is C15H20N2O3. The van der Waals surface area contributed by atoms with E-state index in [9.17, 15) is 15.0 Å². The molecule has 0 spiro atoms. The third-order valence-corrected chi connectivity index (χ3v) is 4.50. The molecule has 2 aliphatic carbocycles. The predicted octanol–water partition coefficient (Wildman–Crippen LogP) is 1.84. The summed E-state index contributed by atoms with van der Waals surface area (Å²) in [6.45, 7) is 0.144. The first-order valence-corrected chi connectivity index (χ1v) is 7.32. The van der Waals surface area contributed by atoms with Gasteiger partial charge in [-0.3, -0.25) is 0 Å². The Morgan fingerprint density at radius 2 is 2.20 bits per heavy atom. The fourth-order valence-corrected chi connectivity index (χ4v) is 3.37. The number of carbonyl (C=O) groups is 1. The fourth-order valence-electron chi connectivity index (χ4n) is 3.37. The maximum atomic E-state index is 11.4. The summed E-state index contributed by atoms with van der Waals surface area (Å²) in [4.78, 5) is 16.0. The molecule has 0 amide bonds. The number of carboxylic acids is 1. The van der Waals surface area contributed by atoms with Crippen LogP contribution < -0.4 is 5.32 Å². The minimum absolute atomic E-state index is 0.130. The van der Waals surface area contributed by atoms with Gasteiger partial charge in [0.15, 0.2) is 0 Å². The molecular weight excluding hydrogens is 256 g/mol. The van der Waals surface area contributed by atoms with E-state index in [1.807, 2.05) is 0 Å². The highest BCUT2D eigenvalue weighted by Gasteiger charge is 2.29. The number of pyridine rings is 1. The van der Waals surface area contributed by atoms with Crippen molar-refractivity contribution in [3.63, 3.8) is 0 Å². The quantitative estimate of drug-likeness (QED) is 0.781. The van der Waals surface area contributed by atoms with E-state index in [4.69, 9.17) is 0 Å². The van der Waals surface area contributed by atoms with Gasteiger partial charge < -0.3 is 15.5 Å². The van der Waals surface area contributed by atoms with Crippen molar-refractivity contribution in [1.29, 1.82) is 0 Å². The molecule has 1 heterocycles. The van der Waals surface area contributed by atoms with E-state index in [0.717, 1.165) is 49.8 Å². The van der Waals surface area contributed by atoms with Gasteiger partial charge in [0.1, 0.15) is 11.4 Å². The first kappa shape index (κ1) is 13.4. The number of aromatic carboxylic acids is 1. The van der Waals surface area contributed by atoms with Crippen molar-refractivity contribution >= 4 is 11.8 Å². The van der Waals surface area contributed by atoms with E-state index in [0.29, 0.717) is 5.82 Å². The van der Waals surface area contributed by atoms with Gasteiger partial charge in [0.05, 0.1) is 0 Å². The SMILES string of the molecule is O=C(O)c1cc2c(nc1NC1CCCC1CO)CCC2. The molecule has 2 aliphatic rings. The van der Waals surface area contributed by atoms with Crippen molar-refractivity contribution in [3.8, 4) is 0 Å². The van der Waals surface area contributed by atoms with Crippen LogP contribution in [0.25, 0.3) is 0 Å². The molecule has 1 aromatic heterocycles. The van der Waals surface area contributed by atoms with Gasteiger partial charge in [-0.25, -0.2) is 9.78 Å². The molecule has 0 aromatic carbocycles. The second-order valence-electron chi connectivity index (χ2n) is 5.77. The lowest BCUT2D eigenvalue weighted by molar-refractivity contribution is 0.0697. The maximum Gasteiger partial charge on any atom is 0.339 e. The first-order chi connectivity index (χ1) is 9.69. The average molecular weight is 276 g/mol. The number of hydrogen-bond donors (Lipinski definition) is 3. The van der Waals surface area contributed by atoms with Crippen molar-refractivity contribution in [1.82, 2.24) is 4.98 Å². The highest BCUT2D eigenvalue weighted by Crippen LogP contribution is 2.31. The van der Waals surface area contributed by atoms with E-state index in [-0.39, 0.29) is 24.1 Å². The van der Waals surface area contributed by atoms with Crippen LogP contribution in [0.15, 0.2) is 6.07 Å². The number of aryl methyl sites for hydroxylation is 2. The van der Waals surface area contributed by atoms with E-state index in [1.165, 1.54) is 0 Å². The lowest BCUT2D eigenvalue weighted by Crippen LogP contribution is -2.28. The molecule has 1 fully saturated rings. The molecule has 0 aliphatic heterocycles. The topological polar surface area (TPSA) is 82.5 Å². The Bertz CT molecular complexity index is 530. The summed E-state index contributed by atoms with van der Waals surface area (Å²) < 4.78 is 0. The van der Waals surface area contributed by atoms with E-state index in [2.05, 4.69) is 10.3 Å². The van der Waals surface area contributed by atoms with Crippen LogP contribution >= 0.6 is 0 Å². The van der Waals surface area contributed by atoms with Gasteiger partial charge in [-0.15, -0.1) is 0 Å². The highest BCUT2D eigenvalue weighted by molar-refractivity contribution is 5.93. The number of nitrogens with zero attached hydrogens (tertiary/aromatic N) is 1. The normalized spacial score (nSPS) is 24.6. The minimum atomic E-state index is -0.937. The van der Waals surface area contributed by atoms with Crippen molar-refractivity contribution in [2.75, 3.05) is 11.9 Å². The summed E-state index contributed by atoms with van der Waals surface area (Å²) in [5.41, 5.74) is 2.35. The van der Waals surface area contributed by atoms with Gasteiger partial charge in [-0.2, -0.15) is 0 Å². The molecule has 5 nitrogen and oxygen atoms in total. The molecule has 1 aromatic rings. The Morgan fingerprint density at radius 3 is 2.95 bits per heavy atom. The van der Waals surface area contributed by atoms with Gasteiger partial charge in [0.2, 0.25) is 0 Å². The second kappa shape index (κ2) is 5.40. The molecule has 0 bridgehead atoms. The third kappa shape index (κ3) is 2.38. The number of aliphatic hydroxyl groups is 1. The largest absolute Gasteiger partial charge is 0.478 e. The predicted molar refractivity (Wildman–Crippen MR) is 75.1 cm³/mol. The van der Waals surface area contributed by atoms with Crippen LogP contribution in [0, 0.1) is 5.92 Å². The number of hydrogen-bond acceptors (Lipinski definition) is 4. The molecule has 5 heteroatoms. The summed E-state index contributed by atoms with van der Waals surface area (Å²) in [7, 11) is 0. The fraction of sp³-hybridized carbons (Fsp3) is 0.600. The molecule has 1 saturated carbocycles. The highest BCUT2D eigenvalue weighted by atomic mass is 16.4. The minimum Gasteiger partial charge on any atom is -0.478 e. The number of nitrogens with one attached hydrogen (secondary N) is 1. The van der Waals surface area contributed by atoms with Crippen LogP contribution in [0.1, 0.15) is 47.3 Å². The molecule has 108 valence electrons. The number of carboxylic acid groups (broad SMARTS) is 1. The summed E-state index contributed by atoms with van der Waals surface area (Å²) >= 11 is 0. The maximum absolute atomic E-state index is 11.4. The lowest BCUT2D eigenvalue weighted by atomic mass is 10.0. The van der Waals surface area contributed by atoms with Crippen LogP contribution in [-0.4, -0.2) is 33.8 Å². The van der Waals surface area contributed by atoms with E-state index in [1.54, 1.807) is 6.07 Å². The second-order valence-corrected chi connectivity index (χ2v) is 5.77. The van der Waals surface area contributed by atoms with Crippen LogP contribution in [0.5, 0.6) is 0 Å². The van der Waals surface area contributed by atoms with Crippen molar-refractivity contribution in [2.24, 2.45) is 5.92 Å². The monoisotopic (exact) mass is 276 g/mol. The average Bonchev–Trinajstić information content (AvgIpc) is 3.05. The van der Waals surface area contributed by atoms with Gasteiger partial charge >= 0.3 is 5.97 Å². The summed E-state index contributed by atoms with van der Waals surface area (Å²) in [5.74, 6) is -0.261. The van der Waals surface area contributed by atoms with Crippen LogP contribution in [-0.2, 0) is 12.8 Å². The molecule has 0 saturated heterocycles. The first-order valence-electron chi connectivity index (χ1n) is 7.32. The standard InChI is InChI=1S/C15H20N2O3/c18-8-10-4-2-6-13(10)17-14-11(15(19)20)7-9-3-1-5-12(9)16-14/h7,10,13,18H,1-6,8H2,(H,16,17)(H,19,20). The van der Waals surface area contributed by atoms with E-state index < -0.39 is 5.97 Å². The molecule has 3 N–H and O–H groups in total. The van der Waals surface area contributed by atoms with E-state index >= 15 is 0 Å². The van der Waals surface area contributed by atoms with Crippen molar-refractivity contribution in [2.45, 2.75) is 44.6 Å². The number of fused-ring (bicyclic) bond motifs is 1. The molecule has 2 unspecified atom stereocenters. The van der Waals surface area contributed by atoms with Crippen LogP contribution in [0.4, 0.5) is 5.82 Å². The smallest absolute Gasteiger partial charge is 0.339 e. The molecule has 20 heavy (non-hydrogen) atoms. The van der Waals surface area contributed by atoms with Crippen molar-refractivity contribution in [3.05, 3.63) is 22.9 Å². The Balaban J connectivity index is 1.90. The molecule has 3 rings (SSSR count). The molecule has 0 radical (unpaired) electrons. The summed E-state index contributed by atoms with van der Waals surface area (Å²) in [6, 6.07) is 1.90. The van der Waals surface area contributed by atoms with Gasteiger partial charge in [0, 0.05) is 24.3 Å². The third-order valence-electron chi connectivity index (χ3n) is 4.50. The summed E-state index contributed by atoms with van der Waals surface area (Å²) in [5, 5.41) is 22.0. The van der Waals surface area contributed by atoms with Crippen molar-refractivity contribution < 1.29 is 15.0 Å².